The van der Waals surface area contributed by atoms with Crippen LogP contribution in [-0.4, -0.2) is 20.1 Å². The Kier molecular flexibility index (Phi) is 6.00. The van der Waals surface area contributed by atoms with E-state index in [1.807, 2.05) is 19.1 Å². The van der Waals surface area contributed by atoms with E-state index in [0.717, 1.165) is 3.57 Å². The molecule has 0 aliphatic carbocycles. The fourth-order valence-corrected chi connectivity index (χ4v) is 3.42. The lowest BCUT2D eigenvalue weighted by atomic mass is 10.2. The number of anilines is 2. The number of benzene rings is 2. The molecule has 0 saturated carbocycles. The monoisotopic (exact) mass is 444 g/mol. The summed E-state index contributed by atoms with van der Waals surface area (Å²) in [7, 11) is -3.31. The summed E-state index contributed by atoms with van der Waals surface area (Å²) in [4.78, 5) is 12.1. The molecule has 2 aromatic carbocycles. The van der Waals surface area contributed by atoms with Gasteiger partial charge in [-0.15, -0.1) is 0 Å². The molecule has 122 valence electrons. The van der Waals surface area contributed by atoms with Gasteiger partial charge in [0.25, 0.3) is 5.91 Å². The van der Waals surface area contributed by atoms with E-state index in [2.05, 4.69) is 32.6 Å². The highest BCUT2D eigenvalue weighted by atomic mass is 127. The second-order valence-corrected chi connectivity index (χ2v) is 8.05. The zero-order valence-corrected chi connectivity index (χ0v) is 15.5. The van der Waals surface area contributed by atoms with Crippen molar-refractivity contribution in [1.29, 1.82) is 0 Å². The second kappa shape index (κ2) is 7.78. The Balaban J connectivity index is 2.02. The predicted octanol–water partition coefficient (Wildman–Crippen LogP) is 3.70. The van der Waals surface area contributed by atoms with Crippen molar-refractivity contribution in [3.8, 4) is 0 Å². The fourth-order valence-electron chi connectivity index (χ4n) is 1.93. The van der Waals surface area contributed by atoms with Gasteiger partial charge in [0.2, 0.25) is 10.0 Å². The van der Waals surface area contributed by atoms with Gasteiger partial charge in [0.1, 0.15) is 0 Å². The molecule has 7 heteroatoms. The van der Waals surface area contributed by atoms with Gasteiger partial charge in [-0.1, -0.05) is 6.92 Å². The van der Waals surface area contributed by atoms with Crippen molar-refractivity contribution in [3.05, 3.63) is 57.7 Å². The van der Waals surface area contributed by atoms with Gasteiger partial charge in [-0.2, -0.15) is 0 Å². The molecule has 0 aliphatic heterocycles. The topological polar surface area (TPSA) is 75.3 Å². The van der Waals surface area contributed by atoms with E-state index in [0.29, 0.717) is 23.4 Å². The molecule has 0 atom stereocenters. The first kappa shape index (κ1) is 17.7. The lowest BCUT2D eigenvalue weighted by Crippen LogP contribution is -2.16. The highest BCUT2D eigenvalue weighted by Crippen LogP contribution is 2.16. The first-order valence-electron chi connectivity index (χ1n) is 7.07. The van der Waals surface area contributed by atoms with Crippen LogP contribution >= 0.6 is 22.6 Å². The molecule has 0 aliphatic rings. The largest absolute Gasteiger partial charge is 0.322 e. The van der Waals surface area contributed by atoms with E-state index < -0.39 is 10.0 Å². The van der Waals surface area contributed by atoms with Crippen LogP contribution in [0.5, 0.6) is 0 Å². The van der Waals surface area contributed by atoms with E-state index in [-0.39, 0.29) is 11.7 Å². The maximum absolute atomic E-state index is 12.1. The molecule has 0 unspecified atom stereocenters. The maximum Gasteiger partial charge on any atom is 0.255 e. The van der Waals surface area contributed by atoms with Gasteiger partial charge in [0.05, 0.1) is 5.75 Å². The minimum Gasteiger partial charge on any atom is -0.322 e. The molecule has 0 saturated heterocycles. The minimum absolute atomic E-state index is 0.0816. The molecule has 1 amide bonds. The molecule has 2 N–H and O–H groups in total. The van der Waals surface area contributed by atoms with Gasteiger partial charge in [-0.25, -0.2) is 8.42 Å². The zero-order chi connectivity index (χ0) is 16.9. The van der Waals surface area contributed by atoms with Crippen LogP contribution in [-0.2, 0) is 10.0 Å². The van der Waals surface area contributed by atoms with Crippen LogP contribution in [0, 0.1) is 3.57 Å². The number of amides is 1. The zero-order valence-electron chi connectivity index (χ0n) is 12.5. The highest BCUT2D eigenvalue weighted by Gasteiger charge is 2.09. The lowest BCUT2D eigenvalue weighted by Gasteiger charge is -2.09. The Morgan fingerprint density at radius 3 is 2.13 bits per heavy atom. The number of carbonyl (C=O) groups excluding carboxylic acids is 1. The number of rotatable bonds is 6. The quantitative estimate of drug-likeness (QED) is 0.668. The third kappa shape index (κ3) is 5.51. The number of hydrogen-bond acceptors (Lipinski definition) is 3. The smallest absolute Gasteiger partial charge is 0.255 e. The summed E-state index contributed by atoms with van der Waals surface area (Å²) in [6, 6.07) is 13.8. The number of carbonyl (C=O) groups is 1. The molecule has 23 heavy (non-hydrogen) atoms. The third-order valence-corrected chi connectivity index (χ3v) is 5.21. The first-order chi connectivity index (χ1) is 10.9. The molecule has 0 fully saturated rings. The van der Waals surface area contributed by atoms with Gasteiger partial charge >= 0.3 is 0 Å². The van der Waals surface area contributed by atoms with Crippen LogP contribution in [0.4, 0.5) is 11.4 Å². The highest BCUT2D eigenvalue weighted by molar-refractivity contribution is 14.1. The Labute approximate surface area is 149 Å². The van der Waals surface area contributed by atoms with Crippen molar-refractivity contribution in [3.63, 3.8) is 0 Å². The van der Waals surface area contributed by atoms with Gasteiger partial charge in [-0.05, 0) is 77.5 Å². The molecule has 0 aromatic heterocycles. The normalized spacial score (nSPS) is 11.0. The van der Waals surface area contributed by atoms with Crippen molar-refractivity contribution in [2.45, 2.75) is 13.3 Å². The van der Waals surface area contributed by atoms with Crippen molar-refractivity contribution >= 4 is 49.9 Å². The number of nitrogens with one attached hydrogen (secondary N) is 2. The van der Waals surface area contributed by atoms with Gasteiger partial charge < -0.3 is 5.32 Å². The SMILES string of the molecule is CCCS(=O)(=O)Nc1ccc(NC(=O)c2ccc(I)cc2)cc1. The molecule has 0 heterocycles. The van der Waals surface area contributed by atoms with Gasteiger partial charge in [-0.3, -0.25) is 9.52 Å². The summed E-state index contributed by atoms with van der Waals surface area (Å²) in [5, 5.41) is 2.77. The maximum atomic E-state index is 12.1. The molecule has 2 rings (SSSR count). The Morgan fingerprint density at radius 1 is 1.00 bits per heavy atom. The minimum atomic E-state index is -3.31. The van der Waals surface area contributed by atoms with E-state index in [9.17, 15) is 13.2 Å². The Hall–Kier alpha value is -1.61. The Bertz CT molecular complexity index is 772. The van der Waals surface area contributed by atoms with E-state index in [1.54, 1.807) is 36.4 Å². The Morgan fingerprint density at radius 2 is 1.57 bits per heavy atom. The summed E-state index contributed by atoms with van der Waals surface area (Å²) >= 11 is 2.18. The molecule has 5 nitrogen and oxygen atoms in total. The number of hydrogen-bond donors (Lipinski definition) is 2. The number of sulfonamides is 1. The van der Waals surface area contributed by atoms with E-state index in [1.165, 1.54) is 0 Å². The van der Waals surface area contributed by atoms with Crippen molar-refractivity contribution in [1.82, 2.24) is 0 Å². The van der Waals surface area contributed by atoms with Crippen LogP contribution < -0.4 is 10.0 Å². The number of halogens is 1. The van der Waals surface area contributed by atoms with Crippen molar-refractivity contribution in [2.24, 2.45) is 0 Å². The van der Waals surface area contributed by atoms with Crippen LogP contribution in [0.3, 0.4) is 0 Å². The standard InChI is InChI=1S/C16H17IN2O3S/c1-2-11-23(21,22)19-15-9-7-14(8-10-15)18-16(20)12-3-5-13(17)6-4-12/h3-10,19H,2,11H2,1H3,(H,18,20). The fraction of sp³-hybridized carbons (Fsp3) is 0.188. The molecular formula is C16H17IN2O3S. The third-order valence-electron chi connectivity index (χ3n) is 3.00. The van der Waals surface area contributed by atoms with Crippen molar-refractivity contribution in [2.75, 3.05) is 15.8 Å². The van der Waals surface area contributed by atoms with Crippen LogP contribution in [0.2, 0.25) is 0 Å². The van der Waals surface area contributed by atoms with Crippen molar-refractivity contribution < 1.29 is 13.2 Å². The molecular weight excluding hydrogens is 427 g/mol. The van der Waals surface area contributed by atoms with E-state index >= 15 is 0 Å². The summed E-state index contributed by atoms with van der Waals surface area (Å²) in [5.41, 5.74) is 1.65. The molecule has 2 aromatic rings. The molecule has 0 spiro atoms. The average molecular weight is 444 g/mol. The van der Waals surface area contributed by atoms with Crippen LogP contribution in [0.25, 0.3) is 0 Å². The summed E-state index contributed by atoms with van der Waals surface area (Å²) < 4.78 is 26.9. The van der Waals surface area contributed by atoms with Gasteiger partial charge in [0, 0.05) is 20.5 Å². The molecule has 0 radical (unpaired) electrons. The predicted molar refractivity (Wildman–Crippen MR) is 101 cm³/mol. The van der Waals surface area contributed by atoms with E-state index in [4.69, 9.17) is 0 Å². The first-order valence-corrected chi connectivity index (χ1v) is 9.80. The van der Waals surface area contributed by atoms with Crippen LogP contribution in [0.1, 0.15) is 23.7 Å². The summed E-state index contributed by atoms with van der Waals surface area (Å²) in [6.45, 7) is 1.81. The lowest BCUT2D eigenvalue weighted by molar-refractivity contribution is 0.102. The summed E-state index contributed by atoms with van der Waals surface area (Å²) in [6.07, 6.45) is 0.555. The molecule has 0 bridgehead atoms. The van der Waals surface area contributed by atoms with Crippen LogP contribution in [0.15, 0.2) is 48.5 Å². The van der Waals surface area contributed by atoms with Gasteiger partial charge in [0.15, 0.2) is 0 Å². The summed E-state index contributed by atoms with van der Waals surface area (Å²) in [5.74, 6) is -0.126. The average Bonchev–Trinajstić information content (AvgIpc) is 2.49. The second-order valence-electron chi connectivity index (χ2n) is 4.96.